The van der Waals surface area contributed by atoms with Gasteiger partial charge in [-0.25, -0.2) is 8.42 Å². The molecule has 0 bridgehead atoms. The lowest BCUT2D eigenvalue weighted by atomic mass is 9.88. The van der Waals surface area contributed by atoms with Crippen LogP contribution in [0.3, 0.4) is 0 Å². The van der Waals surface area contributed by atoms with Crippen LogP contribution >= 0.6 is 0 Å². The van der Waals surface area contributed by atoms with Crippen LogP contribution in [-0.2, 0) is 19.6 Å². The molecule has 10 nitrogen and oxygen atoms in total. The quantitative estimate of drug-likeness (QED) is 0.373. The summed E-state index contributed by atoms with van der Waals surface area (Å²) in [5.74, 6) is -0.0163. The number of sulfonamides is 1. The fourth-order valence-electron chi connectivity index (χ4n) is 6.40. The highest BCUT2D eigenvalue weighted by Gasteiger charge is 2.32. The molecule has 1 fully saturated rings. The van der Waals surface area contributed by atoms with Gasteiger partial charge in [-0.15, -0.1) is 0 Å². The van der Waals surface area contributed by atoms with Crippen molar-refractivity contribution in [3.63, 3.8) is 0 Å². The summed E-state index contributed by atoms with van der Waals surface area (Å²) in [7, 11) is -2.08. The smallest absolute Gasteiger partial charge is 0.261 e. The molecule has 47 heavy (non-hydrogen) atoms. The molecule has 11 heteroatoms. The first-order chi connectivity index (χ1) is 22.4. The zero-order valence-electron chi connectivity index (χ0n) is 28.6. The molecule has 1 saturated carbocycles. The average molecular weight is 672 g/mol. The van der Waals surface area contributed by atoms with Gasteiger partial charge in [0.25, 0.3) is 15.9 Å². The molecule has 0 spiro atoms. The van der Waals surface area contributed by atoms with Crippen molar-refractivity contribution >= 4 is 27.5 Å². The van der Waals surface area contributed by atoms with Crippen LogP contribution in [0.2, 0.25) is 0 Å². The van der Waals surface area contributed by atoms with Gasteiger partial charge in [0.2, 0.25) is 5.91 Å². The summed E-state index contributed by atoms with van der Waals surface area (Å²) in [6.45, 7) is 8.53. The standard InChI is InChI=1S/C36H53N3O7S/c1-25-14-17-31(18-15-25)47(43,44)37-30-16-19-33-32(21-30)36(42)39(27(3)24-40)22-26(2)34(45-20-10-9-11-28(4)46-33)23-38(5)35(41)29-12-7-6-8-13-29/h14-19,21,26-29,34,37,40H,6-13,20,22-24H2,1-5H3/t26-,27-,28-,34+/m0/s1. The number of nitrogens with one attached hydrogen (secondary N) is 1. The van der Waals surface area contributed by atoms with E-state index in [4.69, 9.17) is 9.47 Å². The highest BCUT2D eigenvalue weighted by molar-refractivity contribution is 7.92. The predicted molar refractivity (Wildman–Crippen MR) is 183 cm³/mol. The number of hydrogen-bond donors (Lipinski definition) is 2. The van der Waals surface area contributed by atoms with Crippen LogP contribution < -0.4 is 9.46 Å². The van der Waals surface area contributed by atoms with Crippen molar-refractivity contribution in [2.75, 3.05) is 38.1 Å². The second-order valence-electron chi connectivity index (χ2n) is 13.5. The van der Waals surface area contributed by atoms with Crippen molar-refractivity contribution in [2.24, 2.45) is 11.8 Å². The van der Waals surface area contributed by atoms with Gasteiger partial charge in [-0.2, -0.15) is 0 Å². The number of carbonyl (C=O) groups is 2. The molecule has 2 aromatic rings. The SMILES string of the molecule is Cc1ccc(S(=O)(=O)Nc2ccc3c(c2)C(=O)N([C@@H](C)CO)C[C@H](C)[C@@H](CN(C)C(=O)C2CCCCC2)OCCCC[C@H](C)O3)cc1. The minimum absolute atomic E-state index is 0.0469. The highest BCUT2D eigenvalue weighted by atomic mass is 32.2. The normalized spacial score (nSPS) is 22.8. The zero-order valence-corrected chi connectivity index (χ0v) is 29.4. The molecule has 1 heterocycles. The van der Waals surface area contributed by atoms with Crippen molar-refractivity contribution in [3.8, 4) is 5.75 Å². The van der Waals surface area contributed by atoms with Crippen LogP contribution in [0.5, 0.6) is 5.75 Å². The Labute approximate surface area is 280 Å². The first kappa shape index (κ1) is 36.7. The Hall–Kier alpha value is -3.15. The lowest BCUT2D eigenvalue weighted by Crippen LogP contribution is -2.48. The second-order valence-corrected chi connectivity index (χ2v) is 15.2. The predicted octanol–water partition coefficient (Wildman–Crippen LogP) is 5.63. The van der Waals surface area contributed by atoms with E-state index in [0.29, 0.717) is 18.9 Å². The molecule has 1 aliphatic heterocycles. The number of ether oxygens (including phenoxy) is 2. The van der Waals surface area contributed by atoms with Gasteiger partial charge in [0, 0.05) is 44.3 Å². The molecular formula is C36H53N3O7S. The number of hydrogen-bond acceptors (Lipinski definition) is 7. The Morgan fingerprint density at radius 3 is 2.40 bits per heavy atom. The summed E-state index contributed by atoms with van der Waals surface area (Å²) in [6, 6.07) is 10.7. The van der Waals surface area contributed by atoms with Gasteiger partial charge < -0.3 is 24.4 Å². The van der Waals surface area contributed by atoms with Crippen LogP contribution in [0.15, 0.2) is 47.4 Å². The minimum Gasteiger partial charge on any atom is -0.490 e. The van der Waals surface area contributed by atoms with E-state index in [2.05, 4.69) is 4.72 Å². The van der Waals surface area contributed by atoms with E-state index in [1.807, 2.05) is 27.8 Å². The number of likely N-dealkylation sites (N-methyl/N-ethyl adjacent to an activating group) is 1. The second kappa shape index (κ2) is 16.8. The van der Waals surface area contributed by atoms with Gasteiger partial charge in [-0.05, 0) is 83.2 Å². The molecule has 0 aromatic heterocycles. The number of fused-ring (bicyclic) bond motifs is 1. The topological polar surface area (TPSA) is 125 Å². The van der Waals surface area contributed by atoms with Crippen molar-refractivity contribution in [1.82, 2.24) is 9.80 Å². The Morgan fingerprint density at radius 2 is 1.72 bits per heavy atom. The number of rotatable bonds is 8. The van der Waals surface area contributed by atoms with Crippen molar-refractivity contribution < 1.29 is 32.6 Å². The molecule has 2 aliphatic rings. The number of amides is 2. The number of aliphatic hydroxyl groups excluding tert-OH is 1. The van der Waals surface area contributed by atoms with E-state index >= 15 is 0 Å². The molecule has 260 valence electrons. The van der Waals surface area contributed by atoms with Gasteiger partial charge in [0.1, 0.15) is 5.75 Å². The van der Waals surface area contributed by atoms with Crippen molar-refractivity contribution in [3.05, 3.63) is 53.6 Å². The van der Waals surface area contributed by atoms with E-state index in [0.717, 1.165) is 50.5 Å². The summed E-state index contributed by atoms with van der Waals surface area (Å²) in [4.78, 5) is 31.2. The first-order valence-electron chi connectivity index (χ1n) is 17.1. The van der Waals surface area contributed by atoms with Crippen LogP contribution in [-0.4, -0.2) is 86.7 Å². The molecule has 4 rings (SSSR count). The Morgan fingerprint density at radius 1 is 1.04 bits per heavy atom. The number of nitrogens with zero attached hydrogens (tertiary/aromatic N) is 2. The van der Waals surface area contributed by atoms with Gasteiger partial charge >= 0.3 is 0 Å². The Balaban J connectivity index is 1.64. The molecule has 2 amide bonds. The fourth-order valence-corrected chi connectivity index (χ4v) is 7.45. The number of carbonyl (C=O) groups excluding carboxylic acids is 2. The molecule has 0 unspecified atom stereocenters. The molecule has 4 atom stereocenters. The Kier molecular flexibility index (Phi) is 13.1. The van der Waals surface area contributed by atoms with Crippen molar-refractivity contribution in [1.29, 1.82) is 0 Å². The molecule has 2 N–H and O–H groups in total. The number of benzene rings is 2. The number of aryl methyl sites for hydroxylation is 1. The summed E-state index contributed by atoms with van der Waals surface area (Å²) in [5.41, 5.74) is 1.37. The minimum atomic E-state index is -3.92. The van der Waals surface area contributed by atoms with Gasteiger partial charge in [0.15, 0.2) is 0 Å². The molecule has 1 aliphatic carbocycles. The largest absolute Gasteiger partial charge is 0.490 e. The van der Waals surface area contributed by atoms with Crippen LogP contribution in [0, 0.1) is 18.8 Å². The molecule has 0 saturated heterocycles. The van der Waals surface area contributed by atoms with Gasteiger partial charge in [0.05, 0.1) is 35.3 Å². The molecule has 2 aromatic carbocycles. The maximum atomic E-state index is 14.4. The first-order valence-corrected chi connectivity index (χ1v) is 18.6. The maximum absolute atomic E-state index is 14.4. The lowest BCUT2D eigenvalue weighted by Gasteiger charge is -2.36. The van der Waals surface area contributed by atoms with Crippen LogP contribution in [0.1, 0.15) is 88.1 Å². The summed E-state index contributed by atoms with van der Waals surface area (Å²) in [5, 5.41) is 10.2. The third-order valence-electron chi connectivity index (χ3n) is 9.42. The third kappa shape index (κ3) is 9.93. The Bertz CT molecular complexity index is 1440. The highest BCUT2D eigenvalue weighted by Crippen LogP contribution is 2.30. The number of aliphatic hydroxyl groups is 1. The van der Waals surface area contributed by atoms with Gasteiger partial charge in [-0.1, -0.05) is 43.9 Å². The zero-order chi connectivity index (χ0) is 34.1. The molecule has 0 radical (unpaired) electrons. The van der Waals surface area contributed by atoms with E-state index < -0.39 is 16.1 Å². The van der Waals surface area contributed by atoms with E-state index in [-0.39, 0.29) is 65.2 Å². The van der Waals surface area contributed by atoms with Crippen molar-refractivity contribution in [2.45, 2.75) is 102 Å². The van der Waals surface area contributed by atoms with Gasteiger partial charge in [-0.3, -0.25) is 14.3 Å². The fraction of sp³-hybridized carbons (Fsp3) is 0.611. The monoisotopic (exact) mass is 671 g/mol. The summed E-state index contributed by atoms with van der Waals surface area (Å²) in [6.07, 6.45) is 7.04. The van der Waals surface area contributed by atoms with E-state index in [9.17, 15) is 23.1 Å². The van der Waals surface area contributed by atoms with Crippen LogP contribution in [0.4, 0.5) is 5.69 Å². The summed E-state index contributed by atoms with van der Waals surface area (Å²) >= 11 is 0. The van der Waals surface area contributed by atoms with E-state index in [1.54, 1.807) is 41.0 Å². The number of anilines is 1. The lowest BCUT2D eigenvalue weighted by molar-refractivity contribution is -0.137. The summed E-state index contributed by atoms with van der Waals surface area (Å²) < 4.78 is 41.7. The third-order valence-corrected chi connectivity index (χ3v) is 10.8. The average Bonchev–Trinajstić information content (AvgIpc) is 3.06. The van der Waals surface area contributed by atoms with Crippen LogP contribution in [0.25, 0.3) is 0 Å². The van der Waals surface area contributed by atoms with E-state index in [1.165, 1.54) is 24.6 Å². The molecular weight excluding hydrogens is 618 g/mol. The maximum Gasteiger partial charge on any atom is 0.261 e.